The summed E-state index contributed by atoms with van der Waals surface area (Å²) in [5, 5.41) is 9.97. The van der Waals surface area contributed by atoms with Gasteiger partial charge >= 0.3 is 0 Å². The lowest BCUT2D eigenvalue weighted by Crippen LogP contribution is -2.38. The number of hydrogen-bond acceptors (Lipinski definition) is 6. The van der Waals surface area contributed by atoms with Crippen LogP contribution in [-0.2, 0) is 4.79 Å². The Hall–Kier alpha value is -2.91. The number of carbonyl (C=O) groups excluding carboxylic acids is 1. The third-order valence-electron chi connectivity index (χ3n) is 5.21. The fourth-order valence-electron chi connectivity index (χ4n) is 4.12. The predicted octanol–water partition coefficient (Wildman–Crippen LogP) is 4.06. The number of thiophene rings is 1. The van der Waals surface area contributed by atoms with Gasteiger partial charge in [0.2, 0.25) is 0 Å². The average Bonchev–Trinajstić information content (AvgIpc) is 2.99. The molecule has 136 valence electrons. The minimum atomic E-state index is -0.379. The quantitative estimate of drug-likeness (QED) is 0.854. The number of hydrogen-bond donors (Lipinski definition) is 1. The molecule has 5 nitrogen and oxygen atoms in total. The van der Waals surface area contributed by atoms with Gasteiger partial charge in [-0.25, -0.2) is 0 Å². The maximum Gasteiger partial charge on any atom is 0.161 e. The maximum absolute atomic E-state index is 13.0. The van der Waals surface area contributed by atoms with E-state index in [-0.39, 0.29) is 11.7 Å². The van der Waals surface area contributed by atoms with E-state index >= 15 is 0 Å². The number of carbonyl (C=O) groups is 1. The van der Waals surface area contributed by atoms with Crippen molar-refractivity contribution in [2.24, 2.45) is 5.73 Å². The molecule has 0 fully saturated rings. The van der Waals surface area contributed by atoms with Crippen molar-refractivity contribution in [1.82, 2.24) is 4.98 Å². The van der Waals surface area contributed by atoms with Crippen LogP contribution in [0.15, 0.2) is 53.3 Å². The van der Waals surface area contributed by atoms with Crippen molar-refractivity contribution in [1.29, 1.82) is 5.26 Å². The number of nitriles is 1. The summed E-state index contributed by atoms with van der Waals surface area (Å²) in [7, 11) is 0. The van der Waals surface area contributed by atoms with Crippen molar-refractivity contribution in [2.45, 2.75) is 39.0 Å². The van der Waals surface area contributed by atoms with Gasteiger partial charge in [-0.15, -0.1) is 11.3 Å². The van der Waals surface area contributed by atoms with E-state index in [1.165, 1.54) is 4.88 Å². The zero-order chi connectivity index (χ0) is 19.1. The second-order valence-corrected chi connectivity index (χ2v) is 8.36. The van der Waals surface area contributed by atoms with Gasteiger partial charge in [0, 0.05) is 33.6 Å². The fourth-order valence-corrected chi connectivity index (χ4v) is 5.08. The Morgan fingerprint density at radius 1 is 1.37 bits per heavy atom. The summed E-state index contributed by atoms with van der Waals surface area (Å²) in [5.74, 6) is 0.126. The van der Waals surface area contributed by atoms with Crippen molar-refractivity contribution in [3.63, 3.8) is 0 Å². The summed E-state index contributed by atoms with van der Waals surface area (Å²) >= 11 is 1.68. The molecule has 1 atom stereocenters. The molecule has 27 heavy (non-hydrogen) atoms. The molecular formula is C21H20N4OS. The van der Waals surface area contributed by atoms with Crippen LogP contribution in [0.2, 0.25) is 0 Å². The van der Waals surface area contributed by atoms with Gasteiger partial charge in [-0.3, -0.25) is 14.7 Å². The predicted molar refractivity (Wildman–Crippen MR) is 106 cm³/mol. The van der Waals surface area contributed by atoms with Crippen LogP contribution >= 0.6 is 11.3 Å². The van der Waals surface area contributed by atoms with Gasteiger partial charge in [-0.05, 0) is 50.5 Å². The Kier molecular flexibility index (Phi) is 4.33. The van der Waals surface area contributed by atoms with Crippen molar-refractivity contribution < 1.29 is 4.79 Å². The first kappa shape index (κ1) is 17.5. The zero-order valence-electron chi connectivity index (χ0n) is 15.3. The smallest absolute Gasteiger partial charge is 0.161 e. The maximum atomic E-state index is 13.0. The molecule has 2 N–H and O–H groups in total. The van der Waals surface area contributed by atoms with Crippen LogP contribution in [0.5, 0.6) is 0 Å². The first-order valence-electron chi connectivity index (χ1n) is 8.96. The van der Waals surface area contributed by atoms with Gasteiger partial charge in [-0.2, -0.15) is 5.26 Å². The Bertz CT molecular complexity index is 1030. The fraction of sp³-hybridized carbons (Fsp3) is 0.286. The lowest BCUT2D eigenvalue weighted by atomic mass is 9.75. The molecule has 0 radical (unpaired) electrons. The standard InChI is InChI=1S/C21H20N4OS/c1-12-9-15(13(2)27-12)19-16(10-22)21(23)25(14-5-4-8-24-11-14)17-6-3-7-18(26)20(17)19/h4-5,8-9,11,19H,3,6-7,23H2,1-2H3. The number of aryl methyl sites for hydroxylation is 2. The van der Waals surface area contributed by atoms with E-state index in [0.717, 1.165) is 40.2 Å². The zero-order valence-corrected chi connectivity index (χ0v) is 16.1. The van der Waals surface area contributed by atoms with Crippen LogP contribution < -0.4 is 10.6 Å². The number of allylic oxidation sites excluding steroid dienone is 3. The Morgan fingerprint density at radius 2 is 2.19 bits per heavy atom. The monoisotopic (exact) mass is 376 g/mol. The van der Waals surface area contributed by atoms with Gasteiger partial charge in [0.15, 0.2) is 5.78 Å². The first-order chi connectivity index (χ1) is 13.0. The molecule has 1 unspecified atom stereocenters. The van der Waals surface area contributed by atoms with E-state index in [2.05, 4.69) is 17.1 Å². The number of aromatic nitrogens is 1. The summed E-state index contributed by atoms with van der Waals surface area (Å²) < 4.78 is 0. The number of Topliss-reactive ketones (excluding diaryl/α,β-unsaturated/α-hetero) is 1. The third-order valence-corrected chi connectivity index (χ3v) is 6.19. The van der Waals surface area contributed by atoms with Crippen LogP contribution in [-0.4, -0.2) is 10.8 Å². The van der Waals surface area contributed by atoms with E-state index in [4.69, 9.17) is 5.73 Å². The Morgan fingerprint density at radius 3 is 2.81 bits per heavy atom. The van der Waals surface area contributed by atoms with E-state index < -0.39 is 0 Å². The second kappa shape index (κ2) is 6.67. The van der Waals surface area contributed by atoms with Crippen molar-refractivity contribution in [2.75, 3.05) is 4.90 Å². The Labute approximate surface area is 162 Å². The third kappa shape index (κ3) is 2.75. The van der Waals surface area contributed by atoms with Crippen LogP contribution in [0.25, 0.3) is 0 Å². The average molecular weight is 376 g/mol. The van der Waals surface area contributed by atoms with E-state index in [1.807, 2.05) is 30.9 Å². The lowest BCUT2D eigenvalue weighted by molar-refractivity contribution is -0.116. The molecule has 4 rings (SSSR count). The minimum Gasteiger partial charge on any atom is -0.384 e. The van der Waals surface area contributed by atoms with E-state index in [0.29, 0.717) is 17.8 Å². The summed E-state index contributed by atoms with van der Waals surface area (Å²) in [6.45, 7) is 4.09. The molecule has 2 aromatic rings. The van der Waals surface area contributed by atoms with Gasteiger partial charge < -0.3 is 5.73 Å². The molecule has 1 aliphatic heterocycles. The molecule has 0 bridgehead atoms. The summed E-state index contributed by atoms with van der Waals surface area (Å²) in [6.07, 6.45) is 5.47. The highest BCUT2D eigenvalue weighted by Gasteiger charge is 2.41. The number of pyridine rings is 1. The largest absolute Gasteiger partial charge is 0.384 e. The SMILES string of the molecule is Cc1cc(C2C(C#N)=C(N)N(c3cccnc3)C3=C2C(=O)CCC3)c(C)s1. The molecule has 0 spiro atoms. The molecule has 6 heteroatoms. The van der Waals surface area contributed by atoms with Crippen molar-refractivity contribution in [3.8, 4) is 6.07 Å². The molecule has 0 saturated carbocycles. The highest BCUT2D eigenvalue weighted by molar-refractivity contribution is 7.12. The minimum absolute atomic E-state index is 0.110. The molecule has 2 aromatic heterocycles. The van der Waals surface area contributed by atoms with E-state index in [1.54, 1.807) is 23.7 Å². The molecule has 3 heterocycles. The number of ketones is 1. The number of anilines is 1. The van der Waals surface area contributed by atoms with Crippen LogP contribution in [0.4, 0.5) is 5.69 Å². The normalized spacial score (nSPS) is 20.0. The molecule has 0 aromatic carbocycles. The van der Waals surface area contributed by atoms with Gasteiger partial charge in [-0.1, -0.05) is 0 Å². The van der Waals surface area contributed by atoms with Crippen molar-refractivity contribution >= 4 is 22.8 Å². The first-order valence-corrected chi connectivity index (χ1v) is 9.77. The lowest BCUT2D eigenvalue weighted by Gasteiger charge is -2.39. The topological polar surface area (TPSA) is 83.0 Å². The summed E-state index contributed by atoms with van der Waals surface area (Å²) in [4.78, 5) is 21.3. The van der Waals surface area contributed by atoms with Crippen LogP contribution in [0.3, 0.4) is 0 Å². The van der Waals surface area contributed by atoms with E-state index in [9.17, 15) is 10.1 Å². The van der Waals surface area contributed by atoms with Gasteiger partial charge in [0.25, 0.3) is 0 Å². The number of rotatable bonds is 2. The number of nitrogens with zero attached hydrogens (tertiary/aromatic N) is 3. The number of nitrogens with two attached hydrogens (primary N) is 1. The molecular weight excluding hydrogens is 356 g/mol. The highest BCUT2D eigenvalue weighted by Crippen LogP contribution is 2.47. The van der Waals surface area contributed by atoms with Gasteiger partial charge in [0.1, 0.15) is 5.82 Å². The second-order valence-electron chi connectivity index (χ2n) is 6.90. The molecule has 2 aliphatic rings. The van der Waals surface area contributed by atoms with Crippen molar-refractivity contribution in [3.05, 3.63) is 68.6 Å². The van der Waals surface area contributed by atoms with Crippen LogP contribution in [0, 0.1) is 25.2 Å². The molecule has 1 aliphatic carbocycles. The summed E-state index contributed by atoms with van der Waals surface area (Å²) in [5.41, 5.74) is 10.4. The van der Waals surface area contributed by atoms with Gasteiger partial charge in [0.05, 0.1) is 29.4 Å². The highest BCUT2D eigenvalue weighted by atomic mass is 32.1. The Balaban J connectivity index is 1.99. The molecule has 0 saturated heterocycles. The molecule has 0 amide bonds. The van der Waals surface area contributed by atoms with Crippen LogP contribution in [0.1, 0.15) is 40.5 Å². The summed E-state index contributed by atoms with van der Waals surface area (Å²) in [6, 6.07) is 8.12.